The molecular formula is C14H15N3O2. The van der Waals surface area contributed by atoms with Gasteiger partial charge >= 0.3 is 0 Å². The van der Waals surface area contributed by atoms with Gasteiger partial charge in [-0.15, -0.1) is 0 Å². The monoisotopic (exact) mass is 257 g/mol. The van der Waals surface area contributed by atoms with E-state index < -0.39 is 0 Å². The van der Waals surface area contributed by atoms with Crippen LogP contribution in [0.15, 0.2) is 41.1 Å². The molecule has 0 radical (unpaired) electrons. The van der Waals surface area contributed by atoms with Crippen molar-refractivity contribution in [2.24, 2.45) is 0 Å². The Bertz CT molecular complexity index is 560. The molecule has 19 heavy (non-hydrogen) atoms. The lowest BCUT2D eigenvalue weighted by molar-refractivity contribution is 0.101. The molecule has 1 aliphatic rings. The van der Waals surface area contributed by atoms with Crippen LogP contribution in [0.3, 0.4) is 0 Å². The maximum absolute atomic E-state index is 12.4. The number of nitrogens with zero attached hydrogens (tertiary/aromatic N) is 2. The summed E-state index contributed by atoms with van der Waals surface area (Å²) in [5, 5.41) is 3.29. The van der Waals surface area contributed by atoms with Crippen LogP contribution in [0, 0.1) is 0 Å². The van der Waals surface area contributed by atoms with Crippen molar-refractivity contribution in [1.82, 2.24) is 10.3 Å². The first-order valence-electron chi connectivity index (χ1n) is 6.35. The zero-order chi connectivity index (χ0) is 13.1. The van der Waals surface area contributed by atoms with Crippen molar-refractivity contribution >= 4 is 11.6 Å². The van der Waals surface area contributed by atoms with Crippen LogP contribution < -0.4 is 10.2 Å². The Hall–Kier alpha value is -2.14. The zero-order valence-electron chi connectivity index (χ0n) is 10.5. The standard InChI is InChI=1S/C14H15N3O2/c18-13(12-4-2-10-19-12)11-3-1-5-16-14(11)17-8-6-15-7-9-17/h1-5,10,15H,6-9H2. The van der Waals surface area contributed by atoms with Crippen molar-refractivity contribution in [3.63, 3.8) is 0 Å². The zero-order valence-corrected chi connectivity index (χ0v) is 10.5. The number of carbonyl (C=O) groups excluding carboxylic acids is 1. The fourth-order valence-corrected chi connectivity index (χ4v) is 2.24. The Labute approximate surface area is 111 Å². The summed E-state index contributed by atoms with van der Waals surface area (Å²) in [7, 11) is 0. The van der Waals surface area contributed by atoms with Gasteiger partial charge in [-0.2, -0.15) is 0 Å². The van der Waals surface area contributed by atoms with Crippen molar-refractivity contribution < 1.29 is 9.21 Å². The number of aromatic nitrogens is 1. The number of nitrogens with one attached hydrogen (secondary N) is 1. The lowest BCUT2D eigenvalue weighted by atomic mass is 10.1. The van der Waals surface area contributed by atoms with E-state index in [1.54, 1.807) is 30.5 Å². The smallest absolute Gasteiger partial charge is 0.231 e. The molecule has 0 saturated carbocycles. The molecule has 0 spiro atoms. The van der Waals surface area contributed by atoms with Gasteiger partial charge < -0.3 is 14.6 Å². The van der Waals surface area contributed by atoms with Gasteiger partial charge in [-0.05, 0) is 24.3 Å². The molecule has 1 saturated heterocycles. The maximum Gasteiger partial charge on any atom is 0.231 e. The van der Waals surface area contributed by atoms with Crippen LogP contribution in [-0.2, 0) is 0 Å². The molecule has 5 nitrogen and oxygen atoms in total. The van der Waals surface area contributed by atoms with Gasteiger partial charge in [-0.3, -0.25) is 4.79 Å². The molecule has 0 atom stereocenters. The summed E-state index contributed by atoms with van der Waals surface area (Å²) in [5.74, 6) is 0.974. The van der Waals surface area contributed by atoms with E-state index in [2.05, 4.69) is 15.2 Å². The Kier molecular flexibility index (Phi) is 3.29. The Balaban J connectivity index is 1.95. The predicted octanol–water partition coefficient (Wildman–Crippen LogP) is 1.32. The van der Waals surface area contributed by atoms with E-state index in [9.17, 15) is 4.79 Å². The molecule has 0 amide bonds. The average Bonchev–Trinajstić information content (AvgIpc) is 3.02. The van der Waals surface area contributed by atoms with Crippen LogP contribution in [-0.4, -0.2) is 36.9 Å². The van der Waals surface area contributed by atoms with Crippen LogP contribution in [0.4, 0.5) is 5.82 Å². The molecule has 3 heterocycles. The fourth-order valence-electron chi connectivity index (χ4n) is 2.24. The van der Waals surface area contributed by atoms with E-state index in [4.69, 9.17) is 4.42 Å². The molecule has 0 aliphatic carbocycles. The highest BCUT2D eigenvalue weighted by atomic mass is 16.3. The van der Waals surface area contributed by atoms with Crippen molar-refractivity contribution in [2.45, 2.75) is 0 Å². The molecule has 1 fully saturated rings. The largest absolute Gasteiger partial charge is 0.461 e. The Morgan fingerprint density at radius 2 is 2.11 bits per heavy atom. The van der Waals surface area contributed by atoms with E-state index in [1.807, 2.05) is 0 Å². The molecule has 0 bridgehead atoms. The van der Waals surface area contributed by atoms with Gasteiger partial charge in [0, 0.05) is 32.4 Å². The molecule has 0 unspecified atom stereocenters. The SMILES string of the molecule is O=C(c1ccco1)c1cccnc1N1CCNCC1. The minimum atomic E-state index is -0.119. The third-order valence-electron chi connectivity index (χ3n) is 3.19. The number of piperazine rings is 1. The van der Waals surface area contributed by atoms with Gasteiger partial charge in [-0.1, -0.05) is 0 Å². The van der Waals surface area contributed by atoms with Crippen LogP contribution in [0.25, 0.3) is 0 Å². The van der Waals surface area contributed by atoms with Crippen LogP contribution in [0.2, 0.25) is 0 Å². The first-order chi connectivity index (χ1) is 9.36. The molecule has 2 aromatic rings. The molecular weight excluding hydrogens is 242 g/mol. The summed E-state index contributed by atoms with van der Waals surface area (Å²) in [6.07, 6.45) is 3.23. The first-order valence-corrected chi connectivity index (χ1v) is 6.35. The summed E-state index contributed by atoms with van der Waals surface area (Å²) in [6.45, 7) is 3.53. The summed E-state index contributed by atoms with van der Waals surface area (Å²) >= 11 is 0. The Morgan fingerprint density at radius 3 is 2.84 bits per heavy atom. The van der Waals surface area contributed by atoms with E-state index in [0.29, 0.717) is 11.3 Å². The molecule has 98 valence electrons. The van der Waals surface area contributed by atoms with Crippen molar-refractivity contribution in [2.75, 3.05) is 31.1 Å². The van der Waals surface area contributed by atoms with Crippen LogP contribution in [0.1, 0.15) is 16.1 Å². The average molecular weight is 257 g/mol. The van der Waals surface area contributed by atoms with Gasteiger partial charge in [0.15, 0.2) is 5.76 Å². The molecule has 1 N–H and O–H groups in total. The second-order valence-electron chi connectivity index (χ2n) is 4.42. The second kappa shape index (κ2) is 5.24. The normalized spacial score (nSPS) is 15.5. The van der Waals surface area contributed by atoms with E-state index in [-0.39, 0.29) is 5.78 Å². The van der Waals surface area contributed by atoms with E-state index in [1.165, 1.54) is 6.26 Å². The summed E-state index contributed by atoms with van der Waals surface area (Å²) in [5.41, 5.74) is 0.597. The molecule has 0 aromatic carbocycles. The van der Waals surface area contributed by atoms with Crippen molar-refractivity contribution in [3.8, 4) is 0 Å². The number of pyridine rings is 1. The molecule has 5 heteroatoms. The number of hydrogen-bond acceptors (Lipinski definition) is 5. The van der Waals surface area contributed by atoms with Crippen LogP contribution in [0.5, 0.6) is 0 Å². The second-order valence-corrected chi connectivity index (χ2v) is 4.42. The highest BCUT2D eigenvalue weighted by Gasteiger charge is 2.21. The summed E-state index contributed by atoms with van der Waals surface area (Å²) in [4.78, 5) is 18.9. The van der Waals surface area contributed by atoms with E-state index in [0.717, 1.165) is 32.0 Å². The summed E-state index contributed by atoms with van der Waals surface area (Å²) < 4.78 is 5.18. The van der Waals surface area contributed by atoms with Crippen LogP contribution >= 0.6 is 0 Å². The third kappa shape index (κ3) is 2.37. The predicted molar refractivity (Wildman–Crippen MR) is 71.5 cm³/mol. The van der Waals surface area contributed by atoms with Gasteiger partial charge in [0.2, 0.25) is 5.78 Å². The quantitative estimate of drug-likeness (QED) is 0.840. The first kappa shape index (κ1) is 11.9. The topological polar surface area (TPSA) is 58.4 Å². The number of hydrogen-bond donors (Lipinski definition) is 1. The minimum absolute atomic E-state index is 0.119. The number of carbonyl (C=O) groups is 1. The minimum Gasteiger partial charge on any atom is -0.461 e. The van der Waals surface area contributed by atoms with E-state index >= 15 is 0 Å². The lowest BCUT2D eigenvalue weighted by Crippen LogP contribution is -2.44. The number of rotatable bonds is 3. The molecule has 1 aliphatic heterocycles. The number of ketones is 1. The summed E-state index contributed by atoms with van der Waals surface area (Å²) in [6, 6.07) is 6.97. The van der Waals surface area contributed by atoms with Gasteiger partial charge in [0.1, 0.15) is 5.82 Å². The van der Waals surface area contributed by atoms with Gasteiger partial charge in [0.25, 0.3) is 0 Å². The fraction of sp³-hybridized carbons (Fsp3) is 0.286. The molecule has 3 rings (SSSR count). The number of anilines is 1. The van der Waals surface area contributed by atoms with Gasteiger partial charge in [-0.25, -0.2) is 4.98 Å². The number of furan rings is 1. The third-order valence-corrected chi connectivity index (χ3v) is 3.19. The highest BCUT2D eigenvalue weighted by molar-refractivity contribution is 6.10. The highest BCUT2D eigenvalue weighted by Crippen LogP contribution is 2.21. The van der Waals surface area contributed by atoms with Crippen molar-refractivity contribution in [1.29, 1.82) is 0 Å². The maximum atomic E-state index is 12.4. The lowest BCUT2D eigenvalue weighted by Gasteiger charge is -2.29. The molecule has 2 aromatic heterocycles. The van der Waals surface area contributed by atoms with Gasteiger partial charge in [0.05, 0.1) is 11.8 Å². The Morgan fingerprint density at radius 1 is 1.26 bits per heavy atom. The van der Waals surface area contributed by atoms with Crippen molar-refractivity contribution in [3.05, 3.63) is 48.0 Å².